The normalized spacial score (nSPS) is 11.1. The van der Waals surface area contributed by atoms with Gasteiger partial charge in [-0.15, -0.1) is 0 Å². The number of hydrogen-bond acceptors (Lipinski definition) is 1. The van der Waals surface area contributed by atoms with E-state index in [0.717, 1.165) is 12.2 Å². The van der Waals surface area contributed by atoms with Gasteiger partial charge in [-0.3, -0.25) is 0 Å². The Morgan fingerprint density at radius 3 is 2.27 bits per heavy atom. The van der Waals surface area contributed by atoms with Crippen molar-refractivity contribution in [3.05, 3.63) is 29.3 Å². The van der Waals surface area contributed by atoms with E-state index in [-0.39, 0.29) is 0 Å². The van der Waals surface area contributed by atoms with E-state index in [1.165, 1.54) is 11.1 Å². The smallest absolute Gasteiger partial charge is 0.122 e. The van der Waals surface area contributed by atoms with Crippen molar-refractivity contribution in [1.82, 2.24) is 0 Å². The van der Waals surface area contributed by atoms with Crippen LogP contribution in [0.1, 0.15) is 44.7 Å². The Balaban J connectivity index is 2.99. The van der Waals surface area contributed by atoms with Gasteiger partial charge in [-0.2, -0.15) is 0 Å². The third kappa shape index (κ3) is 3.26. The van der Waals surface area contributed by atoms with Crippen LogP contribution >= 0.6 is 0 Å². The minimum absolute atomic E-state index is 0.520. The standard InChI is InChI=1S/C14H22O/c1-10(2)8-12-6-7-14(15-5)13(9-12)11(3)4/h6-7,9-11H,8H2,1-5H3. The molecule has 0 bridgehead atoms. The Kier molecular flexibility index (Phi) is 4.19. The summed E-state index contributed by atoms with van der Waals surface area (Å²) in [5.74, 6) is 2.24. The molecule has 0 heterocycles. The highest BCUT2D eigenvalue weighted by Gasteiger charge is 2.08. The minimum atomic E-state index is 0.520. The van der Waals surface area contributed by atoms with E-state index in [2.05, 4.69) is 45.9 Å². The van der Waals surface area contributed by atoms with Crippen molar-refractivity contribution in [3.63, 3.8) is 0 Å². The van der Waals surface area contributed by atoms with Gasteiger partial charge in [0.2, 0.25) is 0 Å². The van der Waals surface area contributed by atoms with Gasteiger partial charge in [0.25, 0.3) is 0 Å². The van der Waals surface area contributed by atoms with E-state index in [0.29, 0.717) is 11.8 Å². The Hall–Kier alpha value is -0.980. The van der Waals surface area contributed by atoms with Crippen LogP contribution in [-0.4, -0.2) is 7.11 Å². The average Bonchev–Trinajstić information content (AvgIpc) is 2.16. The third-order valence-corrected chi connectivity index (χ3v) is 2.56. The van der Waals surface area contributed by atoms with Crippen LogP contribution in [0.5, 0.6) is 5.75 Å². The van der Waals surface area contributed by atoms with Gasteiger partial charge in [0.15, 0.2) is 0 Å². The van der Waals surface area contributed by atoms with Crippen molar-refractivity contribution in [2.24, 2.45) is 5.92 Å². The van der Waals surface area contributed by atoms with Crippen molar-refractivity contribution in [2.75, 3.05) is 7.11 Å². The second kappa shape index (κ2) is 5.20. The first-order chi connectivity index (χ1) is 7.04. The van der Waals surface area contributed by atoms with Crippen LogP contribution in [0.3, 0.4) is 0 Å². The monoisotopic (exact) mass is 206 g/mol. The SMILES string of the molecule is COc1ccc(CC(C)C)cc1C(C)C. The maximum Gasteiger partial charge on any atom is 0.122 e. The largest absolute Gasteiger partial charge is 0.496 e. The summed E-state index contributed by atoms with van der Waals surface area (Å²) in [4.78, 5) is 0. The molecule has 0 unspecified atom stereocenters. The molecule has 1 aromatic carbocycles. The number of rotatable bonds is 4. The number of methoxy groups -OCH3 is 1. The topological polar surface area (TPSA) is 9.23 Å². The lowest BCUT2D eigenvalue weighted by Gasteiger charge is -2.14. The molecule has 0 aliphatic heterocycles. The summed E-state index contributed by atoms with van der Waals surface area (Å²) < 4.78 is 5.37. The van der Waals surface area contributed by atoms with Crippen LogP contribution < -0.4 is 4.74 Å². The van der Waals surface area contributed by atoms with E-state index in [9.17, 15) is 0 Å². The fourth-order valence-corrected chi connectivity index (χ4v) is 1.83. The lowest BCUT2D eigenvalue weighted by Crippen LogP contribution is -1.99. The van der Waals surface area contributed by atoms with Crippen LogP contribution in [0.2, 0.25) is 0 Å². The summed E-state index contributed by atoms with van der Waals surface area (Å²) in [6.07, 6.45) is 1.14. The highest BCUT2D eigenvalue weighted by atomic mass is 16.5. The maximum absolute atomic E-state index is 5.37. The first kappa shape index (κ1) is 12.1. The summed E-state index contributed by atoms with van der Waals surface area (Å²) >= 11 is 0. The Bertz CT molecular complexity index is 313. The summed E-state index contributed by atoms with van der Waals surface area (Å²) in [5.41, 5.74) is 2.73. The molecule has 15 heavy (non-hydrogen) atoms. The van der Waals surface area contributed by atoms with Gasteiger partial charge in [0.1, 0.15) is 5.75 Å². The molecule has 0 atom stereocenters. The summed E-state index contributed by atoms with van der Waals surface area (Å²) in [6, 6.07) is 6.54. The average molecular weight is 206 g/mol. The van der Waals surface area contributed by atoms with Gasteiger partial charge >= 0.3 is 0 Å². The third-order valence-electron chi connectivity index (χ3n) is 2.56. The molecule has 0 saturated carbocycles. The van der Waals surface area contributed by atoms with Crippen LogP contribution in [0.25, 0.3) is 0 Å². The van der Waals surface area contributed by atoms with Gasteiger partial charge in [-0.1, -0.05) is 39.8 Å². The molecule has 1 nitrogen and oxygen atoms in total. The fourth-order valence-electron chi connectivity index (χ4n) is 1.83. The van der Waals surface area contributed by atoms with Crippen LogP contribution in [-0.2, 0) is 6.42 Å². The lowest BCUT2D eigenvalue weighted by atomic mass is 9.95. The first-order valence-electron chi connectivity index (χ1n) is 5.71. The quantitative estimate of drug-likeness (QED) is 0.723. The Morgan fingerprint density at radius 2 is 1.80 bits per heavy atom. The van der Waals surface area contributed by atoms with Crippen LogP contribution in [0, 0.1) is 5.92 Å². The molecular weight excluding hydrogens is 184 g/mol. The molecule has 0 saturated heterocycles. The van der Waals surface area contributed by atoms with Crippen molar-refractivity contribution < 1.29 is 4.74 Å². The van der Waals surface area contributed by atoms with E-state index in [1.54, 1.807) is 7.11 Å². The van der Waals surface area contributed by atoms with Gasteiger partial charge in [0, 0.05) is 0 Å². The molecule has 0 radical (unpaired) electrons. The van der Waals surface area contributed by atoms with E-state index < -0.39 is 0 Å². The highest BCUT2D eigenvalue weighted by Crippen LogP contribution is 2.27. The molecule has 0 N–H and O–H groups in total. The number of ether oxygens (including phenoxy) is 1. The molecule has 0 aliphatic rings. The van der Waals surface area contributed by atoms with Crippen molar-refractivity contribution >= 4 is 0 Å². The molecule has 0 aliphatic carbocycles. The van der Waals surface area contributed by atoms with Gasteiger partial charge in [-0.25, -0.2) is 0 Å². The predicted octanol–water partition coefficient (Wildman–Crippen LogP) is 4.02. The predicted molar refractivity (Wildman–Crippen MR) is 65.6 cm³/mol. The Morgan fingerprint density at radius 1 is 1.13 bits per heavy atom. The van der Waals surface area contributed by atoms with Gasteiger partial charge in [-0.05, 0) is 35.4 Å². The second-order valence-corrected chi connectivity index (χ2v) is 4.83. The zero-order valence-electron chi connectivity index (χ0n) is 10.5. The van der Waals surface area contributed by atoms with E-state index in [4.69, 9.17) is 4.74 Å². The molecule has 0 amide bonds. The van der Waals surface area contributed by atoms with Crippen molar-refractivity contribution in [2.45, 2.75) is 40.0 Å². The van der Waals surface area contributed by atoms with E-state index in [1.807, 2.05) is 0 Å². The van der Waals surface area contributed by atoms with Gasteiger partial charge in [0.05, 0.1) is 7.11 Å². The van der Waals surface area contributed by atoms with Crippen molar-refractivity contribution in [1.29, 1.82) is 0 Å². The minimum Gasteiger partial charge on any atom is -0.496 e. The van der Waals surface area contributed by atoms with E-state index >= 15 is 0 Å². The molecule has 0 fully saturated rings. The molecule has 1 aromatic rings. The zero-order chi connectivity index (χ0) is 11.4. The molecule has 0 aromatic heterocycles. The molecule has 84 valence electrons. The molecule has 1 heteroatoms. The molecule has 0 spiro atoms. The number of benzene rings is 1. The van der Waals surface area contributed by atoms with Crippen LogP contribution in [0.15, 0.2) is 18.2 Å². The zero-order valence-corrected chi connectivity index (χ0v) is 10.5. The molecule has 1 rings (SSSR count). The first-order valence-corrected chi connectivity index (χ1v) is 5.71. The number of hydrogen-bond donors (Lipinski definition) is 0. The van der Waals surface area contributed by atoms with Crippen LogP contribution in [0.4, 0.5) is 0 Å². The Labute approximate surface area is 93.5 Å². The fraction of sp³-hybridized carbons (Fsp3) is 0.571. The summed E-state index contributed by atoms with van der Waals surface area (Å²) in [6.45, 7) is 8.91. The highest BCUT2D eigenvalue weighted by molar-refractivity contribution is 5.39. The molecular formula is C14H22O. The van der Waals surface area contributed by atoms with Gasteiger partial charge < -0.3 is 4.74 Å². The lowest BCUT2D eigenvalue weighted by molar-refractivity contribution is 0.407. The summed E-state index contributed by atoms with van der Waals surface area (Å²) in [7, 11) is 1.74. The maximum atomic E-state index is 5.37. The summed E-state index contributed by atoms with van der Waals surface area (Å²) in [5, 5.41) is 0. The second-order valence-electron chi connectivity index (χ2n) is 4.83. The van der Waals surface area contributed by atoms with Crippen molar-refractivity contribution in [3.8, 4) is 5.75 Å².